The number of anilines is 1. The second kappa shape index (κ2) is 6.38. The van der Waals surface area contributed by atoms with Crippen molar-refractivity contribution in [3.63, 3.8) is 0 Å². The summed E-state index contributed by atoms with van der Waals surface area (Å²) in [6.07, 6.45) is 4.62. The molecular formula is C13H21N5O. The zero-order valence-electron chi connectivity index (χ0n) is 11.3. The summed E-state index contributed by atoms with van der Waals surface area (Å²) in [5.74, 6) is 0.133. The van der Waals surface area contributed by atoms with Crippen molar-refractivity contribution < 1.29 is 5.21 Å². The Balaban J connectivity index is 2.11. The lowest BCUT2D eigenvalue weighted by Gasteiger charge is -2.36. The summed E-state index contributed by atoms with van der Waals surface area (Å²) in [6.45, 7) is 7.31. The van der Waals surface area contributed by atoms with Crippen LogP contribution in [0.4, 0.5) is 5.69 Å². The molecule has 1 aromatic heterocycles. The molecule has 6 nitrogen and oxygen atoms in total. The third-order valence-corrected chi connectivity index (χ3v) is 3.44. The van der Waals surface area contributed by atoms with E-state index >= 15 is 0 Å². The molecule has 0 bridgehead atoms. The summed E-state index contributed by atoms with van der Waals surface area (Å²) in [6, 6.07) is 1.78. The number of hydrogen-bond acceptors (Lipinski definition) is 5. The van der Waals surface area contributed by atoms with Gasteiger partial charge in [-0.15, -0.1) is 0 Å². The van der Waals surface area contributed by atoms with Gasteiger partial charge < -0.3 is 15.8 Å². The fourth-order valence-corrected chi connectivity index (χ4v) is 2.44. The normalized spacial score (nSPS) is 17.7. The molecule has 1 aliphatic heterocycles. The zero-order chi connectivity index (χ0) is 13.7. The van der Waals surface area contributed by atoms with Gasteiger partial charge >= 0.3 is 0 Å². The summed E-state index contributed by atoms with van der Waals surface area (Å²) in [5, 5.41) is 11.9. The number of hydrogen-bond donors (Lipinski definition) is 2. The van der Waals surface area contributed by atoms with Crippen LogP contribution in [-0.4, -0.2) is 53.7 Å². The van der Waals surface area contributed by atoms with E-state index < -0.39 is 0 Å². The predicted molar refractivity (Wildman–Crippen MR) is 75.7 cm³/mol. The molecule has 6 heteroatoms. The Morgan fingerprint density at radius 2 is 2.16 bits per heavy atom. The SMILES string of the molecule is CCCN1CCN(c2cnccc2/C(N)=N/O)CC1. The van der Waals surface area contributed by atoms with E-state index in [9.17, 15) is 0 Å². The van der Waals surface area contributed by atoms with E-state index in [4.69, 9.17) is 10.9 Å². The molecule has 0 spiro atoms. The second-order valence-corrected chi connectivity index (χ2v) is 4.71. The highest BCUT2D eigenvalue weighted by Gasteiger charge is 2.19. The Kier molecular flexibility index (Phi) is 4.57. The van der Waals surface area contributed by atoms with Gasteiger partial charge in [-0.05, 0) is 19.0 Å². The van der Waals surface area contributed by atoms with Crippen molar-refractivity contribution in [2.75, 3.05) is 37.6 Å². The Bertz CT molecular complexity index is 440. The number of nitrogens with two attached hydrogens (primary N) is 1. The lowest BCUT2D eigenvalue weighted by molar-refractivity contribution is 0.258. The molecule has 1 aromatic rings. The van der Waals surface area contributed by atoms with Crippen LogP contribution >= 0.6 is 0 Å². The molecule has 1 aliphatic rings. The summed E-state index contributed by atoms with van der Waals surface area (Å²) in [7, 11) is 0. The van der Waals surface area contributed by atoms with Gasteiger partial charge in [-0.2, -0.15) is 0 Å². The van der Waals surface area contributed by atoms with Crippen LogP contribution < -0.4 is 10.6 Å². The number of rotatable bonds is 4. The summed E-state index contributed by atoms with van der Waals surface area (Å²) < 4.78 is 0. The minimum atomic E-state index is 0.133. The molecular weight excluding hydrogens is 242 g/mol. The molecule has 3 N–H and O–H groups in total. The first-order chi connectivity index (χ1) is 9.26. The Labute approximate surface area is 113 Å². The Hall–Kier alpha value is -1.82. The summed E-state index contributed by atoms with van der Waals surface area (Å²) in [4.78, 5) is 8.84. The first-order valence-corrected chi connectivity index (χ1v) is 6.65. The second-order valence-electron chi connectivity index (χ2n) is 4.71. The van der Waals surface area contributed by atoms with E-state index in [0.717, 1.165) is 44.0 Å². The lowest BCUT2D eigenvalue weighted by atomic mass is 10.1. The fourth-order valence-electron chi connectivity index (χ4n) is 2.44. The van der Waals surface area contributed by atoms with E-state index in [-0.39, 0.29) is 5.84 Å². The molecule has 1 saturated heterocycles. The predicted octanol–water partition coefficient (Wildman–Crippen LogP) is 0.708. The minimum Gasteiger partial charge on any atom is -0.409 e. The van der Waals surface area contributed by atoms with Crippen molar-refractivity contribution in [2.24, 2.45) is 10.9 Å². The van der Waals surface area contributed by atoms with Crippen LogP contribution in [-0.2, 0) is 0 Å². The highest BCUT2D eigenvalue weighted by molar-refractivity contribution is 6.02. The van der Waals surface area contributed by atoms with Gasteiger partial charge in [0.1, 0.15) is 0 Å². The number of oxime groups is 1. The molecule has 1 fully saturated rings. The maximum atomic E-state index is 8.84. The van der Waals surface area contributed by atoms with Crippen molar-refractivity contribution in [1.29, 1.82) is 0 Å². The van der Waals surface area contributed by atoms with Crippen LogP contribution in [0.25, 0.3) is 0 Å². The number of pyridine rings is 1. The number of nitrogens with zero attached hydrogens (tertiary/aromatic N) is 4. The van der Waals surface area contributed by atoms with Gasteiger partial charge in [0.05, 0.1) is 11.9 Å². The molecule has 0 unspecified atom stereocenters. The van der Waals surface area contributed by atoms with E-state index in [1.165, 1.54) is 6.42 Å². The molecule has 19 heavy (non-hydrogen) atoms. The molecule has 2 heterocycles. The summed E-state index contributed by atoms with van der Waals surface area (Å²) in [5.41, 5.74) is 7.39. The zero-order valence-corrected chi connectivity index (χ0v) is 11.3. The van der Waals surface area contributed by atoms with Crippen LogP contribution in [0.1, 0.15) is 18.9 Å². The van der Waals surface area contributed by atoms with Crippen LogP contribution in [0.5, 0.6) is 0 Å². The standard InChI is InChI=1S/C13H21N5O/c1-2-5-17-6-8-18(9-7-17)12-10-15-4-3-11(12)13(14)16-19/h3-4,10,19H,2,5-9H2,1H3,(H2,14,16). The van der Waals surface area contributed by atoms with Gasteiger partial charge in [-0.3, -0.25) is 9.88 Å². The van der Waals surface area contributed by atoms with Crippen molar-refractivity contribution >= 4 is 11.5 Å². The Morgan fingerprint density at radius 1 is 1.42 bits per heavy atom. The highest BCUT2D eigenvalue weighted by Crippen LogP contribution is 2.20. The van der Waals surface area contributed by atoms with Gasteiger partial charge in [-0.1, -0.05) is 12.1 Å². The topological polar surface area (TPSA) is 78.0 Å². The van der Waals surface area contributed by atoms with E-state index in [0.29, 0.717) is 0 Å². The van der Waals surface area contributed by atoms with Crippen molar-refractivity contribution in [2.45, 2.75) is 13.3 Å². The molecule has 104 valence electrons. The minimum absolute atomic E-state index is 0.133. The first-order valence-electron chi connectivity index (χ1n) is 6.65. The third kappa shape index (κ3) is 3.14. The van der Waals surface area contributed by atoms with Crippen LogP contribution in [0.3, 0.4) is 0 Å². The molecule has 0 amide bonds. The van der Waals surface area contributed by atoms with Crippen molar-refractivity contribution in [1.82, 2.24) is 9.88 Å². The van der Waals surface area contributed by atoms with Gasteiger partial charge in [0.25, 0.3) is 0 Å². The molecule has 0 radical (unpaired) electrons. The largest absolute Gasteiger partial charge is 0.409 e. The molecule has 0 saturated carbocycles. The van der Waals surface area contributed by atoms with Crippen molar-refractivity contribution in [3.05, 3.63) is 24.0 Å². The average Bonchev–Trinajstić information content (AvgIpc) is 2.47. The third-order valence-electron chi connectivity index (χ3n) is 3.44. The molecule has 0 aliphatic carbocycles. The number of amidine groups is 1. The quantitative estimate of drug-likeness (QED) is 0.362. The average molecular weight is 263 g/mol. The van der Waals surface area contributed by atoms with Gasteiger partial charge in [0.2, 0.25) is 0 Å². The van der Waals surface area contributed by atoms with Gasteiger partial charge in [-0.25, -0.2) is 0 Å². The monoisotopic (exact) mass is 263 g/mol. The number of piperazine rings is 1. The first kappa shape index (κ1) is 13.6. The fraction of sp³-hybridized carbons (Fsp3) is 0.538. The van der Waals surface area contributed by atoms with Crippen LogP contribution in [0.2, 0.25) is 0 Å². The Morgan fingerprint density at radius 3 is 2.79 bits per heavy atom. The molecule has 2 rings (SSSR count). The van der Waals surface area contributed by atoms with Crippen LogP contribution in [0.15, 0.2) is 23.6 Å². The maximum Gasteiger partial charge on any atom is 0.172 e. The highest BCUT2D eigenvalue weighted by atomic mass is 16.4. The smallest absolute Gasteiger partial charge is 0.172 e. The van der Waals surface area contributed by atoms with Gasteiger partial charge in [0, 0.05) is 37.9 Å². The van der Waals surface area contributed by atoms with E-state index in [1.54, 1.807) is 18.5 Å². The summed E-state index contributed by atoms with van der Waals surface area (Å²) >= 11 is 0. The van der Waals surface area contributed by atoms with Gasteiger partial charge in [0.15, 0.2) is 5.84 Å². The van der Waals surface area contributed by atoms with Crippen LogP contribution in [0, 0.1) is 0 Å². The number of aromatic nitrogens is 1. The van der Waals surface area contributed by atoms with E-state index in [2.05, 4.69) is 26.9 Å². The maximum absolute atomic E-state index is 8.84. The van der Waals surface area contributed by atoms with Crippen molar-refractivity contribution in [3.8, 4) is 0 Å². The van der Waals surface area contributed by atoms with E-state index in [1.807, 2.05) is 0 Å². The molecule has 0 aromatic carbocycles. The molecule has 0 atom stereocenters. The lowest BCUT2D eigenvalue weighted by Crippen LogP contribution is -2.47.